The van der Waals surface area contributed by atoms with Gasteiger partial charge < -0.3 is 16.2 Å². The van der Waals surface area contributed by atoms with Crippen molar-refractivity contribution in [2.45, 2.75) is 99.3 Å². The summed E-state index contributed by atoms with van der Waals surface area (Å²) in [5.41, 5.74) is 9.42. The van der Waals surface area contributed by atoms with E-state index in [-0.39, 0.29) is 63.6 Å². The van der Waals surface area contributed by atoms with E-state index in [4.69, 9.17) is 30.3 Å². The molecule has 4 aromatic heterocycles. The van der Waals surface area contributed by atoms with E-state index in [0.717, 1.165) is 24.9 Å². The van der Waals surface area contributed by atoms with E-state index >= 15 is 0 Å². The molecular formula is C42H56BCl2N9O3U. The Balaban J connectivity index is 0.000000428. The average Bonchev–Trinajstić information content (AvgIpc) is 4.10. The van der Waals surface area contributed by atoms with E-state index in [1.165, 1.54) is 17.4 Å². The zero-order chi connectivity index (χ0) is 40.9. The molecule has 6 aromatic rings. The summed E-state index contributed by atoms with van der Waals surface area (Å²) < 4.78 is 8.44. The molecular weight excluding hydrogens is 998 g/mol. The number of fused-ring (bicyclic) bond motifs is 2. The molecule has 0 atom stereocenters. The van der Waals surface area contributed by atoms with Gasteiger partial charge in [0.25, 0.3) is 5.91 Å². The number of rotatable bonds is 8. The third kappa shape index (κ3) is 14.2. The van der Waals surface area contributed by atoms with E-state index in [0.29, 0.717) is 62.1 Å². The minimum atomic E-state index is -1.09. The Morgan fingerprint density at radius 2 is 1.21 bits per heavy atom. The monoisotopic (exact) mass is 1060 g/mol. The predicted octanol–water partition coefficient (Wildman–Crippen LogP) is 8.55. The van der Waals surface area contributed by atoms with Crippen LogP contribution in [-0.2, 0) is 0 Å². The van der Waals surface area contributed by atoms with Gasteiger partial charge in [-0.25, -0.2) is 23.8 Å². The van der Waals surface area contributed by atoms with Crippen molar-refractivity contribution in [3.8, 4) is 22.5 Å². The number of carbonyl (C=O) groups is 2. The first kappa shape index (κ1) is 50.4. The third-order valence-electron chi connectivity index (χ3n) is 8.67. The second-order valence-electron chi connectivity index (χ2n) is 13.6. The number of halogens is 2. The van der Waals surface area contributed by atoms with Gasteiger partial charge in [-0.1, -0.05) is 69.2 Å². The molecule has 2 aromatic carbocycles. The molecule has 58 heavy (non-hydrogen) atoms. The van der Waals surface area contributed by atoms with Crippen molar-refractivity contribution in [1.82, 2.24) is 39.4 Å². The average molecular weight is 1060 g/mol. The number of benzene rings is 2. The zero-order valence-corrected chi connectivity index (χ0v) is 37.9. The molecule has 2 aliphatic rings. The fourth-order valence-electron chi connectivity index (χ4n) is 5.72. The second kappa shape index (κ2) is 24.4. The molecule has 2 saturated carbocycles. The summed E-state index contributed by atoms with van der Waals surface area (Å²) in [4.78, 5) is 34.8. The van der Waals surface area contributed by atoms with Crippen molar-refractivity contribution in [2.24, 2.45) is 5.73 Å². The molecule has 12 nitrogen and oxygen atoms in total. The number of nitrogens with zero attached hydrogens (tertiary/aromatic N) is 7. The van der Waals surface area contributed by atoms with Gasteiger partial charge in [-0.15, -0.1) is 0 Å². The SMILES string of the molecule is C.C.CCN(C(C)C)C(C)C.NC1CC1.O=C(NC1CC1)c1nc2cccnn2c1-c1ccc(Cl)cc1.O=C(O)c1nc2cccnn2c1-c1ccc(Cl)cc1.[3H][B].[U]. The van der Waals surface area contributed by atoms with Gasteiger partial charge in [-0.05, 0) is 110 Å². The molecule has 0 spiro atoms. The largest absolute Gasteiger partial charge is 0.476 e. The zero-order valence-electron chi connectivity index (χ0n) is 33.2. The fourth-order valence-corrected chi connectivity index (χ4v) is 5.97. The molecule has 0 saturated heterocycles. The minimum Gasteiger partial charge on any atom is -0.476 e. The fraction of sp³-hybridized carbons (Fsp3) is 0.381. The van der Waals surface area contributed by atoms with Crippen LogP contribution in [0.2, 0.25) is 10.0 Å². The molecule has 308 valence electrons. The van der Waals surface area contributed by atoms with E-state index in [1.807, 2.05) is 18.2 Å². The Hall–Kier alpha value is -3.76. The summed E-state index contributed by atoms with van der Waals surface area (Å²) in [6.45, 7) is 12.3. The van der Waals surface area contributed by atoms with Crippen LogP contribution in [0.3, 0.4) is 0 Å². The number of nitrogens with two attached hydrogens (primary N) is 1. The van der Waals surface area contributed by atoms with Crippen LogP contribution in [0.5, 0.6) is 0 Å². The number of nitrogens with one attached hydrogen (secondary N) is 1. The van der Waals surface area contributed by atoms with Crippen LogP contribution in [0.1, 0.15) is 96.1 Å². The Morgan fingerprint density at radius 3 is 1.53 bits per heavy atom. The Kier molecular flexibility index (Phi) is 21.2. The number of aromatic carboxylic acids is 1. The van der Waals surface area contributed by atoms with Gasteiger partial charge in [0.05, 0.1) is 0 Å². The first-order valence-electron chi connectivity index (χ1n) is 18.7. The van der Waals surface area contributed by atoms with Crippen LogP contribution < -0.4 is 11.1 Å². The number of carboxylic acids is 1. The Bertz CT molecular complexity index is 2170. The van der Waals surface area contributed by atoms with Crippen LogP contribution in [-0.4, -0.2) is 91.5 Å². The maximum absolute atomic E-state index is 12.5. The van der Waals surface area contributed by atoms with Crippen molar-refractivity contribution in [3.05, 3.63) is 107 Å². The summed E-state index contributed by atoms with van der Waals surface area (Å²) in [6, 6.07) is 23.5. The van der Waals surface area contributed by atoms with E-state index in [2.05, 4.69) is 73.4 Å². The summed E-state index contributed by atoms with van der Waals surface area (Å²) in [5.74, 6) is -1.24. The molecule has 0 aliphatic heterocycles. The first-order valence-corrected chi connectivity index (χ1v) is 18.9. The van der Waals surface area contributed by atoms with Gasteiger partial charge in [0.1, 0.15) is 11.4 Å². The number of hydrogen-bond donors (Lipinski definition) is 3. The van der Waals surface area contributed by atoms with Crippen LogP contribution in [0.25, 0.3) is 33.8 Å². The van der Waals surface area contributed by atoms with Crippen LogP contribution in [0.15, 0.2) is 85.2 Å². The molecule has 4 heterocycles. The van der Waals surface area contributed by atoms with Gasteiger partial charge in [0.15, 0.2) is 22.7 Å². The van der Waals surface area contributed by atoms with Gasteiger partial charge in [-0.2, -0.15) is 10.2 Å². The topological polar surface area (TPSA) is 156 Å². The summed E-state index contributed by atoms with van der Waals surface area (Å²) in [5, 5.41) is 21.9. The summed E-state index contributed by atoms with van der Waals surface area (Å²) in [7, 11) is 3.75. The Labute approximate surface area is 379 Å². The number of aromatic nitrogens is 6. The summed E-state index contributed by atoms with van der Waals surface area (Å²) >= 11 is 11.8. The van der Waals surface area contributed by atoms with Gasteiger partial charge in [0.2, 0.25) is 0 Å². The molecule has 16 heteroatoms. The standard InChI is InChI=1S/C16H13ClN4O.C13H8ClN3O2.C8H19N.C3H7N.2CH4.BH.U/c17-11-5-3-10(4-6-11)15-14(16(22)19-12-7-8-12)20-13-2-1-9-18-21(13)15;14-9-5-3-8(4-6-9)12-11(13(18)19)16-10-2-1-7-15-17(10)12;1-6-9(7(2)3)8(4)5;4-3-1-2-3;;;;/h1-6,9,12H,7-8H2,(H,19,22);1-7H,(H,18,19);7-8H,6H2,1-5H3;3H,1-2,4H2;2*1H4;1H;/i;;;;;;1T;. The van der Waals surface area contributed by atoms with Gasteiger partial charge >= 0.3 is 5.97 Å². The van der Waals surface area contributed by atoms with E-state index in [1.54, 1.807) is 71.5 Å². The van der Waals surface area contributed by atoms with Crippen molar-refractivity contribution in [1.29, 1.82) is 1.34 Å². The smallest absolute Gasteiger partial charge is 0.356 e. The molecule has 4 N–H and O–H groups in total. The molecule has 2 aliphatic carbocycles. The Morgan fingerprint density at radius 1 is 0.810 bits per heavy atom. The van der Waals surface area contributed by atoms with E-state index in [9.17, 15) is 14.7 Å². The third-order valence-corrected chi connectivity index (χ3v) is 9.17. The van der Waals surface area contributed by atoms with Crippen LogP contribution in [0.4, 0.5) is 0 Å². The van der Waals surface area contributed by atoms with E-state index < -0.39 is 5.97 Å². The molecule has 2 fully saturated rings. The normalized spacial score (nSPS) is 12.7. The number of amides is 1. The molecule has 0 bridgehead atoms. The molecule has 1 amide bonds. The number of carboxylic acid groups (broad SMARTS) is 1. The van der Waals surface area contributed by atoms with Gasteiger partial charge in [0, 0.05) is 97.2 Å². The maximum atomic E-state index is 12.5. The quantitative estimate of drug-likeness (QED) is 0.127. The number of imidazole rings is 2. The number of carbonyl (C=O) groups excluding carboxylic acids is 1. The molecule has 2 radical (unpaired) electrons. The minimum absolute atomic E-state index is 0. The number of hydrogen-bond acceptors (Lipinski definition) is 8. The van der Waals surface area contributed by atoms with Crippen molar-refractivity contribution in [2.75, 3.05) is 6.54 Å². The van der Waals surface area contributed by atoms with Crippen LogP contribution in [0, 0.1) is 31.1 Å². The first-order chi connectivity index (χ1) is 26.9. The maximum Gasteiger partial charge on any atom is 0.356 e. The predicted molar refractivity (Wildman–Crippen MR) is 235 cm³/mol. The van der Waals surface area contributed by atoms with Crippen molar-refractivity contribution in [3.63, 3.8) is 0 Å². The second-order valence-corrected chi connectivity index (χ2v) is 14.5. The van der Waals surface area contributed by atoms with Crippen molar-refractivity contribution < 1.29 is 45.8 Å². The van der Waals surface area contributed by atoms with Gasteiger partial charge in [-0.3, -0.25) is 9.69 Å². The van der Waals surface area contributed by atoms with Crippen LogP contribution >= 0.6 is 23.2 Å². The van der Waals surface area contributed by atoms with Crippen molar-refractivity contribution >= 4 is 54.7 Å². The molecule has 0 unspecified atom stereocenters. The summed E-state index contributed by atoms with van der Waals surface area (Å²) in [6.07, 6.45) is 7.86. The molecule has 8 rings (SSSR count).